The van der Waals surface area contributed by atoms with Crippen molar-refractivity contribution in [1.29, 1.82) is 0 Å². The Balaban J connectivity index is 2.26. The van der Waals surface area contributed by atoms with E-state index < -0.39 is 41.6 Å². The molecule has 0 aliphatic carbocycles. The Morgan fingerprint density at radius 1 is 1.08 bits per heavy atom. The molecule has 12 heteroatoms. The van der Waals surface area contributed by atoms with Gasteiger partial charge in [0.2, 0.25) is 0 Å². The minimum atomic E-state index is -5.05. The zero-order valence-electron chi connectivity index (χ0n) is 13.2. The van der Waals surface area contributed by atoms with Crippen molar-refractivity contribution in [2.75, 3.05) is 0 Å². The van der Waals surface area contributed by atoms with E-state index >= 15 is 0 Å². The molecule has 0 unspecified atom stereocenters. The predicted octanol–water partition coefficient (Wildman–Crippen LogP) is 3.48. The predicted molar refractivity (Wildman–Crippen MR) is 73.7 cm³/mol. The summed E-state index contributed by atoms with van der Waals surface area (Å²) in [6.07, 6.45) is -9.45. The van der Waals surface area contributed by atoms with Gasteiger partial charge in [0, 0.05) is 6.54 Å². The Bertz CT molecular complexity index is 752. The van der Waals surface area contributed by atoms with Crippen LogP contribution in [0.25, 0.3) is 0 Å². The van der Waals surface area contributed by atoms with E-state index in [4.69, 9.17) is 4.74 Å². The lowest BCUT2D eigenvalue weighted by Gasteiger charge is -2.13. The number of esters is 1. The van der Waals surface area contributed by atoms with Gasteiger partial charge >= 0.3 is 18.3 Å². The highest BCUT2D eigenvalue weighted by Gasteiger charge is 2.37. The second-order valence-corrected chi connectivity index (χ2v) is 5.19. The number of alkyl halides is 6. The van der Waals surface area contributed by atoms with E-state index in [1.54, 1.807) is 0 Å². The van der Waals surface area contributed by atoms with Gasteiger partial charge in [-0.3, -0.25) is 0 Å². The van der Waals surface area contributed by atoms with Crippen LogP contribution in [0.5, 0.6) is 0 Å². The SMILES string of the molecule is CCCn1nnnc1COC(=O)c1cc(C(F)(F)F)cc(C(F)(F)F)c1. The van der Waals surface area contributed by atoms with Gasteiger partial charge in [-0.25, -0.2) is 9.48 Å². The first-order chi connectivity index (χ1) is 12.0. The van der Waals surface area contributed by atoms with E-state index in [0.717, 1.165) is 0 Å². The third-order valence-corrected chi connectivity index (χ3v) is 3.20. The average molecular weight is 382 g/mol. The summed E-state index contributed by atoms with van der Waals surface area (Å²) in [6.45, 7) is 1.74. The number of ether oxygens (including phenoxy) is 1. The lowest BCUT2D eigenvalue weighted by Crippen LogP contribution is -2.15. The van der Waals surface area contributed by atoms with Crippen LogP contribution in [0.15, 0.2) is 18.2 Å². The molecule has 1 aromatic carbocycles. The average Bonchev–Trinajstić information content (AvgIpc) is 2.98. The van der Waals surface area contributed by atoms with Gasteiger partial charge in [-0.15, -0.1) is 5.10 Å². The summed E-state index contributed by atoms with van der Waals surface area (Å²) < 4.78 is 82.8. The van der Waals surface area contributed by atoms with Crippen LogP contribution >= 0.6 is 0 Å². The summed E-state index contributed by atoms with van der Waals surface area (Å²) >= 11 is 0. The number of carbonyl (C=O) groups is 1. The van der Waals surface area contributed by atoms with E-state index in [1.807, 2.05) is 6.92 Å². The van der Waals surface area contributed by atoms with Gasteiger partial charge in [0.05, 0.1) is 16.7 Å². The van der Waals surface area contributed by atoms with E-state index in [9.17, 15) is 31.1 Å². The fourth-order valence-electron chi connectivity index (χ4n) is 2.00. The second-order valence-electron chi connectivity index (χ2n) is 5.19. The molecule has 0 radical (unpaired) electrons. The van der Waals surface area contributed by atoms with Crippen LogP contribution in [0.4, 0.5) is 26.3 Å². The Morgan fingerprint density at radius 3 is 2.15 bits per heavy atom. The molecule has 0 amide bonds. The molecule has 0 aliphatic heterocycles. The van der Waals surface area contributed by atoms with Crippen LogP contribution in [0.1, 0.15) is 40.7 Å². The van der Waals surface area contributed by atoms with Crippen molar-refractivity contribution in [2.24, 2.45) is 0 Å². The number of hydrogen-bond acceptors (Lipinski definition) is 5. The third-order valence-electron chi connectivity index (χ3n) is 3.20. The summed E-state index contributed by atoms with van der Waals surface area (Å²) in [6, 6.07) is 0.526. The highest BCUT2D eigenvalue weighted by Crippen LogP contribution is 2.36. The van der Waals surface area contributed by atoms with Gasteiger partial charge in [-0.2, -0.15) is 26.3 Å². The molecule has 0 fully saturated rings. The van der Waals surface area contributed by atoms with Gasteiger partial charge in [0.25, 0.3) is 0 Å². The molecule has 0 N–H and O–H groups in total. The summed E-state index contributed by atoms with van der Waals surface area (Å²) in [4.78, 5) is 11.9. The highest BCUT2D eigenvalue weighted by molar-refractivity contribution is 5.90. The Hall–Kier alpha value is -2.66. The molecule has 2 aromatic rings. The maximum atomic E-state index is 12.8. The lowest BCUT2D eigenvalue weighted by molar-refractivity contribution is -0.143. The summed E-state index contributed by atoms with van der Waals surface area (Å²) in [7, 11) is 0. The molecule has 142 valence electrons. The maximum Gasteiger partial charge on any atom is 0.416 e. The summed E-state index contributed by atoms with van der Waals surface area (Å²) in [5.41, 5.74) is -4.08. The van der Waals surface area contributed by atoms with Crippen molar-refractivity contribution < 1.29 is 35.9 Å². The van der Waals surface area contributed by atoms with Crippen molar-refractivity contribution in [3.05, 3.63) is 40.7 Å². The fourth-order valence-corrected chi connectivity index (χ4v) is 2.00. The molecular weight excluding hydrogens is 370 g/mol. The Kier molecular flexibility index (Phi) is 5.52. The van der Waals surface area contributed by atoms with Crippen LogP contribution in [-0.4, -0.2) is 26.2 Å². The number of hydrogen-bond donors (Lipinski definition) is 0. The summed E-state index contributed by atoms with van der Waals surface area (Å²) in [5, 5.41) is 10.6. The molecule has 0 saturated carbocycles. The van der Waals surface area contributed by atoms with Crippen molar-refractivity contribution >= 4 is 5.97 Å². The maximum absolute atomic E-state index is 12.8. The zero-order chi connectivity index (χ0) is 19.5. The largest absolute Gasteiger partial charge is 0.454 e. The van der Waals surface area contributed by atoms with E-state index in [2.05, 4.69) is 15.5 Å². The van der Waals surface area contributed by atoms with Crippen molar-refractivity contribution in [1.82, 2.24) is 20.2 Å². The highest BCUT2D eigenvalue weighted by atomic mass is 19.4. The number of nitrogens with zero attached hydrogens (tertiary/aromatic N) is 4. The molecule has 0 spiro atoms. The molecule has 26 heavy (non-hydrogen) atoms. The van der Waals surface area contributed by atoms with Crippen LogP contribution in [0, 0.1) is 0 Å². The first kappa shape index (κ1) is 19.7. The number of aromatic nitrogens is 4. The van der Waals surface area contributed by atoms with Gasteiger partial charge in [0.15, 0.2) is 12.4 Å². The van der Waals surface area contributed by atoms with Gasteiger partial charge in [-0.1, -0.05) is 6.92 Å². The molecule has 0 bridgehead atoms. The molecule has 2 rings (SSSR count). The smallest absolute Gasteiger partial charge is 0.416 e. The fraction of sp³-hybridized carbons (Fsp3) is 0.429. The number of aryl methyl sites for hydroxylation is 1. The Morgan fingerprint density at radius 2 is 1.65 bits per heavy atom. The molecule has 1 heterocycles. The van der Waals surface area contributed by atoms with Crippen molar-refractivity contribution in [2.45, 2.75) is 38.8 Å². The third kappa shape index (κ3) is 4.70. The minimum Gasteiger partial charge on any atom is -0.454 e. The standard InChI is InChI=1S/C14H12F6N4O2/c1-2-3-24-11(21-22-23-24)7-26-12(25)8-4-9(13(15,16)17)6-10(5-8)14(18,19)20/h4-6H,2-3,7H2,1H3. The lowest BCUT2D eigenvalue weighted by atomic mass is 10.0. The first-order valence-electron chi connectivity index (χ1n) is 7.24. The van der Waals surface area contributed by atoms with E-state index in [1.165, 1.54) is 4.68 Å². The molecule has 0 aliphatic rings. The number of tetrazole rings is 1. The van der Waals surface area contributed by atoms with Crippen LogP contribution in [0.3, 0.4) is 0 Å². The number of carbonyl (C=O) groups excluding carboxylic acids is 1. The van der Waals surface area contributed by atoms with Crippen LogP contribution in [-0.2, 0) is 30.2 Å². The zero-order valence-corrected chi connectivity index (χ0v) is 13.2. The molecular formula is C14H12F6N4O2. The second kappa shape index (κ2) is 7.30. The quantitative estimate of drug-likeness (QED) is 0.585. The molecule has 6 nitrogen and oxygen atoms in total. The number of benzene rings is 1. The molecule has 1 aromatic heterocycles. The summed E-state index contributed by atoms with van der Waals surface area (Å²) in [5.74, 6) is -1.24. The molecule has 0 atom stereocenters. The van der Waals surface area contributed by atoms with Crippen LogP contribution < -0.4 is 0 Å². The first-order valence-corrected chi connectivity index (χ1v) is 7.24. The normalized spacial score (nSPS) is 12.3. The van der Waals surface area contributed by atoms with Gasteiger partial charge < -0.3 is 4.74 Å². The number of rotatable bonds is 5. The topological polar surface area (TPSA) is 69.9 Å². The number of halogens is 6. The Labute approximate surface area is 142 Å². The van der Waals surface area contributed by atoms with Gasteiger partial charge in [-0.05, 0) is 35.0 Å². The van der Waals surface area contributed by atoms with E-state index in [0.29, 0.717) is 25.1 Å². The van der Waals surface area contributed by atoms with Crippen LogP contribution in [0.2, 0.25) is 0 Å². The van der Waals surface area contributed by atoms with Crippen molar-refractivity contribution in [3.63, 3.8) is 0 Å². The van der Waals surface area contributed by atoms with Gasteiger partial charge in [0.1, 0.15) is 0 Å². The monoisotopic (exact) mass is 382 g/mol. The van der Waals surface area contributed by atoms with Crippen molar-refractivity contribution in [3.8, 4) is 0 Å². The van der Waals surface area contributed by atoms with E-state index in [-0.39, 0.29) is 11.9 Å². The minimum absolute atomic E-state index is 0.0709. The molecule has 0 saturated heterocycles.